The van der Waals surface area contributed by atoms with Crippen molar-refractivity contribution in [2.45, 2.75) is 19.5 Å². The van der Waals surface area contributed by atoms with Gasteiger partial charge in [-0.1, -0.05) is 17.7 Å². The van der Waals surface area contributed by atoms with Crippen LogP contribution in [-0.4, -0.2) is 37.7 Å². The van der Waals surface area contributed by atoms with Gasteiger partial charge in [-0.25, -0.2) is 0 Å². The van der Waals surface area contributed by atoms with E-state index in [1.54, 1.807) is 6.92 Å². The van der Waals surface area contributed by atoms with E-state index in [4.69, 9.17) is 16.3 Å². The van der Waals surface area contributed by atoms with Crippen LogP contribution in [0.3, 0.4) is 0 Å². The average Bonchev–Trinajstić information content (AvgIpc) is 2.38. The quantitative estimate of drug-likeness (QED) is 0.847. The molecule has 0 N–H and O–H groups in total. The number of benzene rings is 1. The zero-order valence-electron chi connectivity index (χ0n) is 11.3. The summed E-state index contributed by atoms with van der Waals surface area (Å²) >= 11 is 5.95. The van der Waals surface area contributed by atoms with Crippen molar-refractivity contribution in [2.24, 2.45) is 0 Å². The molecule has 1 aromatic carbocycles. The minimum atomic E-state index is -4.40. The van der Waals surface area contributed by atoms with Crippen LogP contribution in [0.5, 0.6) is 0 Å². The van der Waals surface area contributed by atoms with Crippen LogP contribution in [0, 0.1) is 6.92 Å². The van der Waals surface area contributed by atoms with Gasteiger partial charge in [-0.15, -0.1) is 0 Å². The molecule has 0 aromatic heterocycles. The highest BCUT2D eigenvalue weighted by Crippen LogP contribution is 2.37. The van der Waals surface area contributed by atoms with Crippen molar-refractivity contribution in [3.05, 3.63) is 33.8 Å². The number of morpholine rings is 1. The second-order valence-corrected chi connectivity index (χ2v) is 5.30. The molecule has 20 heavy (non-hydrogen) atoms. The highest BCUT2D eigenvalue weighted by atomic mass is 35.5. The maximum absolute atomic E-state index is 12.8. The molecular weight excluding hydrogens is 291 g/mol. The predicted molar refractivity (Wildman–Crippen MR) is 72.2 cm³/mol. The molecule has 0 saturated carbocycles. The minimum absolute atomic E-state index is 0.161. The fourth-order valence-corrected chi connectivity index (χ4v) is 2.75. The van der Waals surface area contributed by atoms with Gasteiger partial charge in [-0.2, -0.15) is 13.2 Å². The molecular formula is C14H17ClF3NO. The first-order valence-electron chi connectivity index (χ1n) is 6.55. The Morgan fingerprint density at radius 1 is 1.25 bits per heavy atom. The maximum atomic E-state index is 12.8. The number of alkyl halides is 3. The molecule has 1 aliphatic rings. The highest BCUT2D eigenvalue weighted by molar-refractivity contribution is 6.32. The summed E-state index contributed by atoms with van der Waals surface area (Å²) in [4.78, 5) is 2.18. The molecule has 2 rings (SSSR count). The first-order valence-corrected chi connectivity index (χ1v) is 6.92. The third-order valence-corrected chi connectivity index (χ3v) is 4.00. The fourth-order valence-electron chi connectivity index (χ4n) is 2.34. The summed E-state index contributed by atoms with van der Waals surface area (Å²) in [5, 5.41) is -0.161. The van der Waals surface area contributed by atoms with Crippen LogP contribution in [0.1, 0.15) is 16.7 Å². The molecule has 0 aliphatic carbocycles. The number of aryl methyl sites for hydroxylation is 1. The minimum Gasteiger partial charge on any atom is -0.379 e. The Morgan fingerprint density at radius 2 is 1.90 bits per heavy atom. The van der Waals surface area contributed by atoms with E-state index < -0.39 is 11.7 Å². The Hall–Kier alpha value is -0.780. The van der Waals surface area contributed by atoms with E-state index in [0.29, 0.717) is 31.7 Å². The molecule has 1 fully saturated rings. The van der Waals surface area contributed by atoms with Crippen molar-refractivity contribution in [1.29, 1.82) is 0 Å². The van der Waals surface area contributed by atoms with Crippen molar-refractivity contribution in [3.63, 3.8) is 0 Å². The topological polar surface area (TPSA) is 12.5 Å². The van der Waals surface area contributed by atoms with Crippen LogP contribution >= 0.6 is 11.6 Å². The SMILES string of the molecule is Cc1ccc(C(F)(F)F)c(Cl)c1CCN1CCOCC1. The second kappa shape index (κ2) is 6.33. The number of rotatable bonds is 3. The highest BCUT2D eigenvalue weighted by Gasteiger charge is 2.34. The summed E-state index contributed by atoms with van der Waals surface area (Å²) in [6, 6.07) is 2.54. The Morgan fingerprint density at radius 3 is 2.50 bits per heavy atom. The van der Waals surface area contributed by atoms with Crippen molar-refractivity contribution in [1.82, 2.24) is 4.90 Å². The molecule has 1 aromatic rings. The van der Waals surface area contributed by atoms with Gasteiger partial charge in [0.15, 0.2) is 0 Å². The number of ether oxygens (including phenoxy) is 1. The molecule has 2 nitrogen and oxygen atoms in total. The zero-order chi connectivity index (χ0) is 14.8. The zero-order valence-corrected chi connectivity index (χ0v) is 12.0. The summed E-state index contributed by atoms with van der Waals surface area (Å²) in [7, 11) is 0. The Labute approximate surface area is 121 Å². The van der Waals surface area contributed by atoms with Crippen LogP contribution in [0.2, 0.25) is 5.02 Å². The van der Waals surface area contributed by atoms with Gasteiger partial charge in [0.25, 0.3) is 0 Å². The summed E-state index contributed by atoms with van der Waals surface area (Å²) in [5.74, 6) is 0. The number of hydrogen-bond donors (Lipinski definition) is 0. The Kier molecular flexibility index (Phi) is 4.94. The predicted octanol–water partition coefficient (Wildman–Crippen LogP) is 3.54. The standard InChI is InChI=1S/C14H17ClF3NO/c1-10-2-3-12(14(16,17)18)13(15)11(10)4-5-19-6-8-20-9-7-19/h2-3H,4-9H2,1H3. The molecule has 1 aliphatic heterocycles. The van der Waals surface area contributed by atoms with Crippen molar-refractivity contribution < 1.29 is 17.9 Å². The number of hydrogen-bond acceptors (Lipinski definition) is 2. The average molecular weight is 308 g/mol. The summed E-state index contributed by atoms with van der Waals surface area (Å²) < 4.78 is 43.8. The smallest absolute Gasteiger partial charge is 0.379 e. The fraction of sp³-hybridized carbons (Fsp3) is 0.571. The molecule has 0 spiro atoms. The Bertz CT molecular complexity index is 470. The van der Waals surface area contributed by atoms with Crippen molar-refractivity contribution in [3.8, 4) is 0 Å². The first kappa shape index (κ1) is 15.6. The number of nitrogens with zero attached hydrogens (tertiary/aromatic N) is 1. The van der Waals surface area contributed by atoms with Gasteiger partial charge in [-0.05, 0) is 30.5 Å². The third kappa shape index (κ3) is 3.65. The molecule has 6 heteroatoms. The van der Waals surface area contributed by atoms with Crippen LogP contribution in [0.25, 0.3) is 0 Å². The second-order valence-electron chi connectivity index (χ2n) is 4.92. The lowest BCUT2D eigenvalue weighted by Crippen LogP contribution is -2.37. The lowest BCUT2D eigenvalue weighted by Gasteiger charge is -2.27. The summed E-state index contributed by atoms with van der Waals surface area (Å²) in [6.07, 6.45) is -3.88. The largest absolute Gasteiger partial charge is 0.417 e. The van der Waals surface area contributed by atoms with E-state index in [1.807, 2.05) is 0 Å². The van der Waals surface area contributed by atoms with Gasteiger partial charge in [0.1, 0.15) is 0 Å². The molecule has 0 bridgehead atoms. The van der Waals surface area contributed by atoms with E-state index in [1.165, 1.54) is 6.07 Å². The van der Waals surface area contributed by atoms with Gasteiger partial charge in [-0.3, -0.25) is 4.90 Å². The van der Waals surface area contributed by atoms with Gasteiger partial charge in [0, 0.05) is 19.6 Å². The van der Waals surface area contributed by atoms with Crippen LogP contribution < -0.4 is 0 Å². The molecule has 112 valence electrons. The van der Waals surface area contributed by atoms with Crippen molar-refractivity contribution >= 4 is 11.6 Å². The van der Waals surface area contributed by atoms with Crippen LogP contribution in [0.4, 0.5) is 13.2 Å². The van der Waals surface area contributed by atoms with E-state index in [0.717, 1.165) is 24.7 Å². The van der Waals surface area contributed by atoms with E-state index in [9.17, 15) is 13.2 Å². The van der Waals surface area contributed by atoms with Crippen LogP contribution in [-0.2, 0) is 17.3 Å². The molecule has 0 amide bonds. The third-order valence-electron chi connectivity index (χ3n) is 3.56. The monoisotopic (exact) mass is 307 g/mol. The molecule has 0 radical (unpaired) electrons. The molecule has 0 atom stereocenters. The lowest BCUT2D eigenvalue weighted by atomic mass is 10.0. The molecule has 1 saturated heterocycles. The van der Waals surface area contributed by atoms with Gasteiger partial charge in [0.2, 0.25) is 0 Å². The summed E-state index contributed by atoms with van der Waals surface area (Å²) in [6.45, 7) is 5.47. The Balaban J connectivity index is 2.14. The van der Waals surface area contributed by atoms with E-state index >= 15 is 0 Å². The van der Waals surface area contributed by atoms with Gasteiger partial charge in [0.05, 0.1) is 23.8 Å². The van der Waals surface area contributed by atoms with E-state index in [-0.39, 0.29) is 5.02 Å². The molecule has 0 unspecified atom stereocenters. The number of halogens is 4. The van der Waals surface area contributed by atoms with Gasteiger partial charge < -0.3 is 4.74 Å². The summed E-state index contributed by atoms with van der Waals surface area (Å²) in [5.41, 5.74) is 0.644. The van der Waals surface area contributed by atoms with Crippen molar-refractivity contribution in [2.75, 3.05) is 32.8 Å². The maximum Gasteiger partial charge on any atom is 0.417 e. The molecule has 1 heterocycles. The van der Waals surface area contributed by atoms with E-state index in [2.05, 4.69) is 4.90 Å². The lowest BCUT2D eigenvalue weighted by molar-refractivity contribution is -0.137. The first-order chi connectivity index (χ1) is 9.39. The normalized spacial score (nSPS) is 17.4. The van der Waals surface area contributed by atoms with Crippen LogP contribution in [0.15, 0.2) is 12.1 Å². The van der Waals surface area contributed by atoms with Gasteiger partial charge >= 0.3 is 6.18 Å².